The minimum Gasteiger partial charge on any atom is -0.481 e. The van der Waals surface area contributed by atoms with Gasteiger partial charge in [0.25, 0.3) is 0 Å². The first-order valence-corrected chi connectivity index (χ1v) is 6.88. The average Bonchev–Trinajstić information content (AvgIpc) is 2.43. The molecule has 5 heteroatoms. The molecule has 1 rings (SSSR count). The van der Waals surface area contributed by atoms with Gasteiger partial charge in [-0.1, -0.05) is 37.6 Å². The van der Waals surface area contributed by atoms with E-state index in [0.717, 1.165) is 5.56 Å². The largest absolute Gasteiger partial charge is 0.481 e. The Kier molecular flexibility index (Phi) is 5.57. The van der Waals surface area contributed by atoms with Crippen molar-refractivity contribution in [3.8, 4) is 0 Å². The van der Waals surface area contributed by atoms with E-state index in [1.54, 1.807) is 37.9 Å². The minimum atomic E-state index is -0.963. The van der Waals surface area contributed by atoms with Crippen LogP contribution in [0.3, 0.4) is 0 Å². The van der Waals surface area contributed by atoms with Crippen molar-refractivity contribution in [2.45, 2.75) is 26.8 Å². The van der Waals surface area contributed by atoms with E-state index in [9.17, 15) is 9.59 Å². The number of carboxylic acid groups (broad SMARTS) is 1. The van der Waals surface area contributed by atoms with Crippen LogP contribution in [-0.4, -0.2) is 28.9 Å². The zero-order valence-corrected chi connectivity index (χ0v) is 12.9. The van der Waals surface area contributed by atoms with Crippen LogP contribution in [0.15, 0.2) is 24.3 Å². The standard InChI is InChI=1S/C15H20ClNO3/c1-9(10(2)15(19)20)14(18)17(4)11(3)12-6-5-7-13(16)8-12/h5-11H,1-4H3,(H,19,20). The molecule has 1 aromatic carbocycles. The molecule has 0 saturated heterocycles. The number of amides is 1. The van der Waals surface area contributed by atoms with Gasteiger partial charge < -0.3 is 10.0 Å². The highest BCUT2D eigenvalue weighted by atomic mass is 35.5. The Labute approximate surface area is 124 Å². The highest BCUT2D eigenvalue weighted by Crippen LogP contribution is 2.24. The lowest BCUT2D eigenvalue weighted by Gasteiger charge is -2.29. The van der Waals surface area contributed by atoms with Gasteiger partial charge in [0.2, 0.25) is 5.91 Å². The second-order valence-corrected chi connectivity index (χ2v) is 5.53. The average molecular weight is 298 g/mol. The number of hydrogen-bond acceptors (Lipinski definition) is 2. The Morgan fingerprint density at radius 2 is 1.80 bits per heavy atom. The van der Waals surface area contributed by atoms with Gasteiger partial charge in [0, 0.05) is 18.0 Å². The predicted octanol–water partition coefficient (Wildman–Crippen LogP) is 3.22. The SMILES string of the molecule is CC(C(=O)O)C(C)C(=O)N(C)C(C)c1cccc(Cl)c1. The molecule has 20 heavy (non-hydrogen) atoms. The highest BCUT2D eigenvalue weighted by molar-refractivity contribution is 6.30. The van der Waals surface area contributed by atoms with Crippen molar-refractivity contribution in [3.05, 3.63) is 34.9 Å². The molecule has 0 aliphatic heterocycles. The lowest BCUT2D eigenvalue weighted by atomic mass is 9.94. The maximum absolute atomic E-state index is 12.3. The lowest BCUT2D eigenvalue weighted by molar-refractivity contribution is -0.149. The van der Waals surface area contributed by atoms with Crippen LogP contribution in [0.2, 0.25) is 5.02 Å². The van der Waals surface area contributed by atoms with Crippen LogP contribution >= 0.6 is 11.6 Å². The monoisotopic (exact) mass is 297 g/mol. The van der Waals surface area contributed by atoms with Gasteiger partial charge in [-0.15, -0.1) is 0 Å². The van der Waals surface area contributed by atoms with E-state index >= 15 is 0 Å². The molecule has 0 fully saturated rings. The Morgan fingerprint density at radius 3 is 2.30 bits per heavy atom. The summed E-state index contributed by atoms with van der Waals surface area (Å²) < 4.78 is 0. The van der Waals surface area contributed by atoms with Gasteiger partial charge in [-0.3, -0.25) is 9.59 Å². The molecule has 4 nitrogen and oxygen atoms in total. The number of hydrogen-bond donors (Lipinski definition) is 1. The quantitative estimate of drug-likeness (QED) is 0.908. The van der Waals surface area contributed by atoms with Gasteiger partial charge in [0.1, 0.15) is 0 Å². The first-order valence-electron chi connectivity index (χ1n) is 6.50. The van der Waals surface area contributed by atoms with Gasteiger partial charge in [0.15, 0.2) is 0 Å². The molecule has 1 aromatic rings. The molecule has 0 saturated carbocycles. The van der Waals surface area contributed by atoms with E-state index in [2.05, 4.69) is 0 Å². The summed E-state index contributed by atoms with van der Waals surface area (Å²) in [6.45, 7) is 5.08. The van der Waals surface area contributed by atoms with Crippen molar-refractivity contribution < 1.29 is 14.7 Å². The van der Waals surface area contributed by atoms with E-state index in [4.69, 9.17) is 16.7 Å². The molecule has 3 unspecified atom stereocenters. The summed E-state index contributed by atoms with van der Waals surface area (Å²) in [6, 6.07) is 7.14. The zero-order chi connectivity index (χ0) is 15.4. The van der Waals surface area contributed by atoms with Gasteiger partial charge >= 0.3 is 5.97 Å². The van der Waals surface area contributed by atoms with Crippen molar-refractivity contribution in [1.82, 2.24) is 4.90 Å². The van der Waals surface area contributed by atoms with Crippen molar-refractivity contribution in [2.75, 3.05) is 7.05 Å². The van der Waals surface area contributed by atoms with E-state index in [1.807, 2.05) is 19.1 Å². The normalized spacial score (nSPS) is 15.2. The van der Waals surface area contributed by atoms with Crippen LogP contribution in [0, 0.1) is 11.8 Å². The fourth-order valence-electron chi connectivity index (χ4n) is 1.93. The first kappa shape index (κ1) is 16.5. The molecule has 0 spiro atoms. The Hall–Kier alpha value is -1.55. The highest BCUT2D eigenvalue weighted by Gasteiger charge is 2.30. The van der Waals surface area contributed by atoms with E-state index in [1.165, 1.54) is 0 Å². The first-order chi connectivity index (χ1) is 9.25. The molecule has 0 heterocycles. The van der Waals surface area contributed by atoms with Crippen LogP contribution < -0.4 is 0 Å². The summed E-state index contributed by atoms with van der Waals surface area (Å²) in [5.74, 6) is -2.43. The van der Waals surface area contributed by atoms with Crippen molar-refractivity contribution in [3.63, 3.8) is 0 Å². The van der Waals surface area contributed by atoms with E-state index in [-0.39, 0.29) is 11.9 Å². The third kappa shape index (κ3) is 3.73. The van der Waals surface area contributed by atoms with Gasteiger partial charge in [0.05, 0.1) is 12.0 Å². The van der Waals surface area contributed by atoms with Crippen molar-refractivity contribution in [1.29, 1.82) is 0 Å². The summed E-state index contributed by atoms with van der Waals surface area (Å²) in [5, 5.41) is 9.60. The van der Waals surface area contributed by atoms with Gasteiger partial charge in [-0.25, -0.2) is 0 Å². The fourth-order valence-corrected chi connectivity index (χ4v) is 2.13. The summed E-state index contributed by atoms with van der Waals surface area (Å²) in [7, 11) is 1.68. The molecular weight excluding hydrogens is 278 g/mol. The third-order valence-corrected chi connectivity index (χ3v) is 4.02. The molecule has 1 N–H and O–H groups in total. The summed E-state index contributed by atoms with van der Waals surface area (Å²) in [5.41, 5.74) is 0.920. The minimum absolute atomic E-state index is 0.162. The van der Waals surface area contributed by atoms with Crippen LogP contribution in [0.5, 0.6) is 0 Å². The molecule has 110 valence electrons. The number of carbonyl (C=O) groups is 2. The van der Waals surface area contributed by atoms with E-state index < -0.39 is 17.8 Å². The topological polar surface area (TPSA) is 57.6 Å². The number of carboxylic acids is 1. The maximum Gasteiger partial charge on any atom is 0.307 e. The number of carbonyl (C=O) groups excluding carboxylic acids is 1. The molecular formula is C15H20ClNO3. The zero-order valence-electron chi connectivity index (χ0n) is 12.1. The lowest BCUT2D eigenvalue weighted by Crippen LogP contribution is -2.38. The Morgan fingerprint density at radius 1 is 1.20 bits per heavy atom. The van der Waals surface area contributed by atoms with Crippen LogP contribution in [0.25, 0.3) is 0 Å². The van der Waals surface area contributed by atoms with Crippen molar-refractivity contribution in [2.24, 2.45) is 11.8 Å². The number of halogens is 1. The summed E-state index contributed by atoms with van der Waals surface area (Å²) in [4.78, 5) is 24.8. The van der Waals surface area contributed by atoms with Crippen LogP contribution in [0.4, 0.5) is 0 Å². The molecule has 1 amide bonds. The molecule has 3 atom stereocenters. The van der Waals surface area contributed by atoms with Crippen LogP contribution in [0.1, 0.15) is 32.4 Å². The third-order valence-electron chi connectivity index (χ3n) is 3.79. The molecule has 0 aliphatic rings. The number of nitrogens with zero attached hydrogens (tertiary/aromatic N) is 1. The van der Waals surface area contributed by atoms with Gasteiger partial charge in [-0.05, 0) is 24.6 Å². The Balaban J connectivity index is 2.86. The molecule has 0 radical (unpaired) electrons. The molecule has 0 aromatic heterocycles. The molecule has 0 bridgehead atoms. The maximum atomic E-state index is 12.3. The Bertz CT molecular complexity index is 504. The second kappa shape index (κ2) is 6.75. The fraction of sp³-hybridized carbons (Fsp3) is 0.467. The smallest absolute Gasteiger partial charge is 0.307 e. The van der Waals surface area contributed by atoms with Crippen LogP contribution in [-0.2, 0) is 9.59 Å². The molecule has 0 aliphatic carbocycles. The van der Waals surface area contributed by atoms with E-state index in [0.29, 0.717) is 5.02 Å². The number of rotatable bonds is 5. The number of benzene rings is 1. The second-order valence-electron chi connectivity index (χ2n) is 5.10. The predicted molar refractivity (Wildman–Crippen MR) is 78.6 cm³/mol. The summed E-state index contributed by atoms with van der Waals surface area (Å²) >= 11 is 5.95. The van der Waals surface area contributed by atoms with Gasteiger partial charge in [-0.2, -0.15) is 0 Å². The summed E-state index contributed by atoms with van der Waals surface area (Å²) in [6.07, 6.45) is 0. The number of aliphatic carboxylic acids is 1. The van der Waals surface area contributed by atoms with Crippen molar-refractivity contribution >= 4 is 23.5 Å².